The highest BCUT2D eigenvalue weighted by molar-refractivity contribution is 5.58. The highest BCUT2D eigenvalue weighted by Crippen LogP contribution is 2.24. The van der Waals surface area contributed by atoms with Gasteiger partial charge in [-0.3, -0.25) is 4.98 Å². The molecule has 0 atom stereocenters. The Morgan fingerprint density at radius 2 is 2.06 bits per heavy atom. The zero-order valence-corrected chi connectivity index (χ0v) is 9.18. The van der Waals surface area contributed by atoms with Gasteiger partial charge in [0.05, 0.1) is 25.6 Å². The number of nitrogens with zero attached hydrogens (tertiary/aromatic N) is 2. The largest absolute Gasteiger partial charge is 0.382 e. The van der Waals surface area contributed by atoms with E-state index in [4.69, 9.17) is 10.5 Å². The van der Waals surface area contributed by atoms with Gasteiger partial charge in [0, 0.05) is 5.69 Å². The van der Waals surface area contributed by atoms with Gasteiger partial charge in [0.1, 0.15) is 5.82 Å². The van der Waals surface area contributed by atoms with E-state index in [1.807, 2.05) is 6.07 Å². The van der Waals surface area contributed by atoms with Gasteiger partial charge in [0.2, 0.25) is 0 Å². The van der Waals surface area contributed by atoms with Crippen LogP contribution in [0.3, 0.4) is 0 Å². The van der Waals surface area contributed by atoms with Gasteiger partial charge in [0.25, 0.3) is 0 Å². The molecule has 5 heteroatoms. The lowest BCUT2D eigenvalue weighted by atomic mass is 10.1. The van der Waals surface area contributed by atoms with Crippen LogP contribution in [0.5, 0.6) is 0 Å². The Bertz CT molecular complexity index is 556. The van der Waals surface area contributed by atoms with Crippen LogP contribution in [0.2, 0.25) is 0 Å². The van der Waals surface area contributed by atoms with E-state index in [-0.39, 0.29) is 0 Å². The Hall–Kier alpha value is -2.14. The molecule has 1 aliphatic rings. The quantitative estimate of drug-likeness (QED) is 0.820. The first kappa shape index (κ1) is 10.0. The van der Waals surface area contributed by atoms with E-state index in [1.165, 1.54) is 17.3 Å². The molecule has 5 nitrogen and oxygen atoms in total. The number of nitrogens with two attached hydrogens (primary N) is 1. The maximum atomic E-state index is 5.57. The molecule has 1 aromatic heterocycles. The standard InChI is InChI=1S/C12H12N4O/c13-11-4-14-5-12(16-11)15-10-2-1-8-6-17-7-9(8)3-10/h1-5H,6-7H2,(H3,13,15,16). The van der Waals surface area contributed by atoms with Crippen LogP contribution in [-0.4, -0.2) is 9.97 Å². The van der Waals surface area contributed by atoms with Crippen molar-refractivity contribution >= 4 is 17.3 Å². The number of aromatic nitrogens is 2. The first-order valence-corrected chi connectivity index (χ1v) is 5.35. The molecule has 0 saturated heterocycles. The number of nitrogens with one attached hydrogen (secondary N) is 1. The Morgan fingerprint density at radius 1 is 1.18 bits per heavy atom. The fraction of sp³-hybridized carbons (Fsp3) is 0.167. The van der Waals surface area contributed by atoms with Crippen LogP contribution in [-0.2, 0) is 18.0 Å². The Morgan fingerprint density at radius 3 is 2.94 bits per heavy atom. The average Bonchev–Trinajstić information content (AvgIpc) is 2.76. The second-order valence-electron chi connectivity index (χ2n) is 3.93. The predicted molar refractivity (Wildman–Crippen MR) is 64.7 cm³/mol. The van der Waals surface area contributed by atoms with Gasteiger partial charge in [-0.05, 0) is 23.3 Å². The fourth-order valence-corrected chi connectivity index (χ4v) is 1.84. The van der Waals surface area contributed by atoms with E-state index in [0.717, 1.165) is 5.69 Å². The topological polar surface area (TPSA) is 73.1 Å². The van der Waals surface area contributed by atoms with Gasteiger partial charge in [-0.15, -0.1) is 0 Å². The van der Waals surface area contributed by atoms with Gasteiger partial charge in [-0.1, -0.05) is 6.07 Å². The molecule has 3 N–H and O–H groups in total. The van der Waals surface area contributed by atoms with Crippen molar-refractivity contribution in [3.05, 3.63) is 41.7 Å². The third-order valence-electron chi connectivity index (χ3n) is 2.65. The van der Waals surface area contributed by atoms with E-state index in [1.54, 1.807) is 6.20 Å². The molecule has 1 aliphatic heterocycles. The summed E-state index contributed by atoms with van der Waals surface area (Å²) in [5.41, 5.74) is 8.99. The Labute approximate surface area is 98.7 Å². The fourth-order valence-electron chi connectivity index (χ4n) is 1.84. The van der Waals surface area contributed by atoms with Crippen LogP contribution in [0.25, 0.3) is 0 Å². The first-order valence-electron chi connectivity index (χ1n) is 5.35. The molecule has 0 amide bonds. The molecule has 2 heterocycles. The summed E-state index contributed by atoms with van der Waals surface area (Å²) in [7, 11) is 0. The minimum atomic E-state index is 0.402. The smallest absolute Gasteiger partial charge is 0.151 e. The zero-order chi connectivity index (χ0) is 11.7. The molecule has 0 spiro atoms. The molecule has 0 unspecified atom stereocenters. The number of benzene rings is 1. The molecule has 0 fully saturated rings. The van der Waals surface area contributed by atoms with Gasteiger partial charge >= 0.3 is 0 Å². The summed E-state index contributed by atoms with van der Waals surface area (Å²) in [5, 5.41) is 3.17. The van der Waals surface area contributed by atoms with E-state index in [9.17, 15) is 0 Å². The molecule has 3 rings (SSSR count). The van der Waals surface area contributed by atoms with Crippen molar-refractivity contribution < 1.29 is 4.74 Å². The molecule has 0 aliphatic carbocycles. The van der Waals surface area contributed by atoms with Gasteiger partial charge in [-0.25, -0.2) is 4.98 Å². The monoisotopic (exact) mass is 228 g/mol. The average molecular weight is 228 g/mol. The predicted octanol–water partition coefficient (Wildman–Crippen LogP) is 1.83. The van der Waals surface area contributed by atoms with Crippen LogP contribution in [0.15, 0.2) is 30.6 Å². The SMILES string of the molecule is Nc1cncc(Nc2ccc3c(c2)COC3)n1. The summed E-state index contributed by atoms with van der Waals surface area (Å²) >= 11 is 0. The van der Waals surface area contributed by atoms with Crippen molar-refractivity contribution in [3.63, 3.8) is 0 Å². The van der Waals surface area contributed by atoms with Gasteiger partial charge in [0.15, 0.2) is 5.82 Å². The van der Waals surface area contributed by atoms with Crippen molar-refractivity contribution in [2.24, 2.45) is 0 Å². The minimum Gasteiger partial charge on any atom is -0.382 e. The van der Waals surface area contributed by atoms with E-state index in [0.29, 0.717) is 24.8 Å². The van der Waals surface area contributed by atoms with Crippen LogP contribution in [0.4, 0.5) is 17.3 Å². The highest BCUT2D eigenvalue weighted by Gasteiger charge is 2.11. The number of rotatable bonds is 2. The summed E-state index contributed by atoms with van der Waals surface area (Å²) in [6.45, 7) is 1.38. The summed E-state index contributed by atoms with van der Waals surface area (Å²) in [6, 6.07) is 6.12. The lowest BCUT2D eigenvalue weighted by Crippen LogP contribution is -1.98. The number of anilines is 3. The number of nitrogen functional groups attached to an aromatic ring is 1. The molecule has 0 saturated carbocycles. The number of hydrogen-bond donors (Lipinski definition) is 2. The summed E-state index contributed by atoms with van der Waals surface area (Å²) < 4.78 is 5.36. The molecule has 2 aromatic rings. The van der Waals surface area contributed by atoms with Crippen molar-refractivity contribution in [2.45, 2.75) is 13.2 Å². The number of fused-ring (bicyclic) bond motifs is 1. The third-order valence-corrected chi connectivity index (χ3v) is 2.65. The Balaban J connectivity index is 1.86. The van der Waals surface area contributed by atoms with Crippen LogP contribution in [0.1, 0.15) is 11.1 Å². The lowest BCUT2D eigenvalue weighted by Gasteiger charge is -2.07. The lowest BCUT2D eigenvalue weighted by molar-refractivity contribution is 0.134. The Kier molecular flexibility index (Phi) is 2.38. The molecule has 0 bridgehead atoms. The zero-order valence-electron chi connectivity index (χ0n) is 9.18. The molecule has 17 heavy (non-hydrogen) atoms. The number of hydrogen-bond acceptors (Lipinski definition) is 5. The van der Waals surface area contributed by atoms with Crippen molar-refractivity contribution in [2.75, 3.05) is 11.1 Å². The highest BCUT2D eigenvalue weighted by atomic mass is 16.5. The molecular formula is C12H12N4O. The maximum absolute atomic E-state index is 5.57. The van der Waals surface area contributed by atoms with Crippen molar-refractivity contribution in [1.82, 2.24) is 9.97 Å². The summed E-state index contributed by atoms with van der Waals surface area (Å²) in [6.07, 6.45) is 3.15. The second kappa shape index (κ2) is 4.03. The summed E-state index contributed by atoms with van der Waals surface area (Å²) in [4.78, 5) is 8.11. The molecular weight excluding hydrogens is 216 g/mol. The third kappa shape index (κ3) is 2.05. The van der Waals surface area contributed by atoms with Crippen LogP contribution >= 0.6 is 0 Å². The van der Waals surface area contributed by atoms with Crippen molar-refractivity contribution in [1.29, 1.82) is 0 Å². The second-order valence-corrected chi connectivity index (χ2v) is 3.93. The number of ether oxygens (including phenoxy) is 1. The molecule has 1 aromatic carbocycles. The minimum absolute atomic E-state index is 0.402. The van der Waals surface area contributed by atoms with E-state index in [2.05, 4.69) is 27.4 Å². The first-order chi connectivity index (χ1) is 8.31. The maximum Gasteiger partial charge on any atom is 0.151 e. The molecule has 86 valence electrons. The van der Waals surface area contributed by atoms with E-state index < -0.39 is 0 Å². The van der Waals surface area contributed by atoms with E-state index >= 15 is 0 Å². The van der Waals surface area contributed by atoms with Crippen molar-refractivity contribution in [3.8, 4) is 0 Å². The van der Waals surface area contributed by atoms with Crippen LogP contribution < -0.4 is 11.1 Å². The van der Waals surface area contributed by atoms with Gasteiger partial charge in [-0.2, -0.15) is 0 Å². The van der Waals surface area contributed by atoms with Gasteiger partial charge < -0.3 is 15.8 Å². The van der Waals surface area contributed by atoms with Crippen LogP contribution in [0, 0.1) is 0 Å². The summed E-state index contributed by atoms with van der Waals surface area (Å²) in [5.74, 6) is 1.04. The molecule has 0 radical (unpaired) electrons. The normalized spacial score (nSPS) is 13.4.